The molecule has 3 fully saturated rings. The molecule has 1 N–H and O–H groups in total. The van der Waals surface area contributed by atoms with Gasteiger partial charge in [0, 0.05) is 24.5 Å². The molecule has 3 heterocycles. The predicted molar refractivity (Wildman–Crippen MR) is 87.8 cm³/mol. The molecule has 7 heteroatoms. The number of aliphatic hydroxyl groups excluding tert-OH is 1. The van der Waals surface area contributed by atoms with Crippen molar-refractivity contribution in [2.24, 2.45) is 0 Å². The molecule has 0 aromatic carbocycles. The first-order valence-electron chi connectivity index (χ1n) is 8.85. The second-order valence-corrected chi connectivity index (χ2v) is 8.14. The summed E-state index contributed by atoms with van der Waals surface area (Å²) in [6, 6.07) is 2.03. The largest absolute Gasteiger partial charge is 0.394 e. The van der Waals surface area contributed by atoms with Gasteiger partial charge in [0.1, 0.15) is 11.6 Å². The summed E-state index contributed by atoms with van der Waals surface area (Å²) in [7, 11) is 0. The highest BCUT2D eigenvalue weighted by Crippen LogP contribution is 2.46. The second kappa shape index (κ2) is 6.03. The Labute approximate surface area is 146 Å². The number of nitriles is 1. The van der Waals surface area contributed by atoms with Crippen molar-refractivity contribution in [2.45, 2.75) is 69.0 Å². The van der Waals surface area contributed by atoms with Crippen molar-refractivity contribution in [2.75, 3.05) is 19.7 Å². The highest BCUT2D eigenvalue weighted by molar-refractivity contribution is 5.98. The molecule has 5 nitrogen and oxygen atoms in total. The maximum atomic E-state index is 13.5. The molecule has 3 saturated heterocycles. The predicted octanol–water partition coefficient (Wildman–Crippen LogP) is 2.07. The summed E-state index contributed by atoms with van der Waals surface area (Å²) >= 11 is 0. The standard InChI is InChI=1S/C18H25F2N3O2/c1-16(2,22-8-7-18(19,20)11-22)9-13(10-21)15(25)23-14-3-5-17(23,12-24)6-4-14/h9,14,24H,3-8,11-12H2,1-2H3. The number of amides is 1. The van der Waals surface area contributed by atoms with Crippen LogP contribution in [0.5, 0.6) is 0 Å². The maximum Gasteiger partial charge on any atom is 0.265 e. The zero-order valence-corrected chi connectivity index (χ0v) is 14.8. The normalized spacial score (nSPS) is 32.2. The molecule has 0 spiro atoms. The molecule has 3 rings (SSSR count). The number of carbonyl (C=O) groups is 1. The minimum atomic E-state index is -2.73. The van der Waals surface area contributed by atoms with Crippen LogP contribution in [0.3, 0.4) is 0 Å². The lowest BCUT2D eigenvalue weighted by Gasteiger charge is -2.35. The number of hydrogen-bond acceptors (Lipinski definition) is 4. The van der Waals surface area contributed by atoms with E-state index in [-0.39, 0.29) is 43.6 Å². The van der Waals surface area contributed by atoms with Crippen LogP contribution in [0.25, 0.3) is 0 Å². The van der Waals surface area contributed by atoms with Gasteiger partial charge < -0.3 is 10.0 Å². The number of carbonyl (C=O) groups excluding carboxylic acids is 1. The van der Waals surface area contributed by atoms with Gasteiger partial charge in [-0.3, -0.25) is 9.69 Å². The summed E-state index contributed by atoms with van der Waals surface area (Å²) in [5.74, 6) is -3.10. The first kappa shape index (κ1) is 18.3. The molecule has 0 radical (unpaired) electrons. The Balaban J connectivity index is 1.84. The van der Waals surface area contributed by atoms with Gasteiger partial charge in [0.05, 0.1) is 18.7 Å². The molecule has 2 bridgehead atoms. The Morgan fingerprint density at radius 2 is 2.00 bits per heavy atom. The molecule has 0 unspecified atom stereocenters. The van der Waals surface area contributed by atoms with Crippen molar-refractivity contribution in [1.82, 2.24) is 9.80 Å². The summed E-state index contributed by atoms with van der Waals surface area (Å²) in [5.41, 5.74) is -1.39. The average molecular weight is 353 g/mol. The molecule has 0 aliphatic carbocycles. The number of fused-ring (bicyclic) bond motifs is 2. The number of likely N-dealkylation sites (tertiary alicyclic amines) is 1. The third-order valence-electron chi connectivity index (χ3n) is 6.11. The zero-order valence-electron chi connectivity index (χ0n) is 14.8. The molecule has 0 saturated carbocycles. The topological polar surface area (TPSA) is 67.6 Å². The Morgan fingerprint density at radius 1 is 1.36 bits per heavy atom. The highest BCUT2D eigenvalue weighted by Gasteiger charge is 2.54. The fourth-order valence-electron chi connectivity index (χ4n) is 4.59. The lowest BCUT2D eigenvalue weighted by molar-refractivity contribution is -0.132. The third-order valence-corrected chi connectivity index (χ3v) is 6.11. The van der Waals surface area contributed by atoms with Gasteiger partial charge >= 0.3 is 0 Å². The van der Waals surface area contributed by atoms with Crippen molar-refractivity contribution in [3.8, 4) is 6.07 Å². The van der Waals surface area contributed by atoms with Crippen LogP contribution in [-0.2, 0) is 4.79 Å². The van der Waals surface area contributed by atoms with Gasteiger partial charge in [-0.25, -0.2) is 8.78 Å². The van der Waals surface area contributed by atoms with Crippen molar-refractivity contribution in [1.29, 1.82) is 5.26 Å². The van der Waals surface area contributed by atoms with Crippen LogP contribution in [0.2, 0.25) is 0 Å². The van der Waals surface area contributed by atoms with E-state index in [4.69, 9.17) is 0 Å². The second-order valence-electron chi connectivity index (χ2n) is 8.14. The van der Waals surface area contributed by atoms with Crippen molar-refractivity contribution in [3.05, 3.63) is 11.6 Å². The molecule has 0 aromatic rings. The summed E-state index contributed by atoms with van der Waals surface area (Å²) in [5, 5.41) is 19.3. The molecule has 0 aromatic heterocycles. The maximum absolute atomic E-state index is 13.5. The van der Waals surface area contributed by atoms with E-state index in [1.807, 2.05) is 6.07 Å². The molecule has 138 valence electrons. The Hall–Kier alpha value is -1.52. The number of nitrogens with zero attached hydrogens (tertiary/aromatic N) is 3. The minimum absolute atomic E-state index is 0.0214. The van der Waals surface area contributed by atoms with Crippen LogP contribution in [0, 0.1) is 11.3 Å². The summed E-state index contributed by atoms with van der Waals surface area (Å²) < 4.78 is 27.1. The molecule has 3 aliphatic heterocycles. The summed E-state index contributed by atoms with van der Waals surface area (Å²) in [4.78, 5) is 16.3. The number of hydrogen-bond donors (Lipinski definition) is 1. The van der Waals surface area contributed by atoms with E-state index in [0.717, 1.165) is 25.7 Å². The molecule has 25 heavy (non-hydrogen) atoms. The summed E-state index contributed by atoms with van der Waals surface area (Å²) in [6.45, 7) is 3.27. The number of aliphatic hydroxyl groups is 1. The van der Waals surface area contributed by atoms with Gasteiger partial charge in [-0.15, -0.1) is 0 Å². The average Bonchev–Trinajstić information content (AvgIpc) is 3.23. The van der Waals surface area contributed by atoms with Crippen molar-refractivity contribution in [3.63, 3.8) is 0 Å². The molecule has 1 amide bonds. The summed E-state index contributed by atoms with van der Waals surface area (Å²) in [6.07, 6.45) is 4.49. The number of halogens is 2. The van der Waals surface area contributed by atoms with E-state index < -0.39 is 17.0 Å². The SMILES string of the molecule is CC(C)(C=C(C#N)C(=O)N1C2CCC1(CO)CC2)N1CCC(F)(F)C1. The first-order chi connectivity index (χ1) is 11.6. The van der Waals surface area contributed by atoms with E-state index in [0.29, 0.717) is 0 Å². The molecule has 0 atom stereocenters. The van der Waals surface area contributed by atoms with Crippen molar-refractivity contribution >= 4 is 5.91 Å². The van der Waals surface area contributed by atoms with Gasteiger partial charge in [-0.05, 0) is 45.6 Å². The quantitative estimate of drug-likeness (QED) is 0.621. The first-order valence-corrected chi connectivity index (χ1v) is 8.85. The van der Waals surface area contributed by atoms with Crippen LogP contribution in [-0.4, -0.2) is 63.6 Å². The van der Waals surface area contributed by atoms with E-state index in [1.165, 1.54) is 6.08 Å². The Kier molecular flexibility index (Phi) is 4.41. The third kappa shape index (κ3) is 3.06. The Bertz CT molecular complexity index is 631. The van der Waals surface area contributed by atoms with Gasteiger partial charge in [-0.2, -0.15) is 5.26 Å². The zero-order chi connectivity index (χ0) is 18.5. The highest BCUT2D eigenvalue weighted by atomic mass is 19.3. The molecule has 3 aliphatic rings. The lowest BCUT2D eigenvalue weighted by Crippen LogP contribution is -2.49. The van der Waals surface area contributed by atoms with Crippen LogP contribution >= 0.6 is 0 Å². The van der Waals surface area contributed by atoms with Crippen molar-refractivity contribution < 1.29 is 18.7 Å². The van der Waals surface area contributed by atoms with Gasteiger partial charge in [0.15, 0.2) is 0 Å². The lowest BCUT2D eigenvalue weighted by atomic mass is 9.88. The van der Waals surface area contributed by atoms with E-state index in [1.54, 1.807) is 23.6 Å². The fraction of sp³-hybridized carbons (Fsp3) is 0.778. The molecular formula is C18H25F2N3O2. The Morgan fingerprint density at radius 3 is 2.48 bits per heavy atom. The van der Waals surface area contributed by atoms with Gasteiger partial charge in [0.2, 0.25) is 0 Å². The monoisotopic (exact) mass is 353 g/mol. The minimum Gasteiger partial charge on any atom is -0.394 e. The van der Waals surface area contributed by atoms with E-state index in [9.17, 15) is 23.9 Å². The van der Waals surface area contributed by atoms with Gasteiger partial charge in [0.25, 0.3) is 11.8 Å². The van der Waals surface area contributed by atoms with Crippen LogP contribution in [0.4, 0.5) is 8.78 Å². The van der Waals surface area contributed by atoms with Crippen LogP contribution in [0.15, 0.2) is 11.6 Å². The van der Waals surface area contributed by atoms with E-state index >= 15 is 0 Å². The smallest absolute Gasteiger partial charge is 0.265 e. The fourth-order valence-corrected chi connectivity index (χ4v) is 4.59. The number of rotatable bonds is 4. The number of alkyl halides is 2. The molecular weight excluding hydrogens is 328 g/mol. The van der Waals surface area contributed by atoms with E-state index in [2.05, 4.69) is 0 Å². The van der Waals surface area contributed by atoms with Gasteiger partial charge in [-0.1, -0.05) is 0 Å². The van der Waals surface area contributed by atoms with Crippen LogP contribution < -0.4 is 0 Å². The van der Waals surface area contributed by atoms with Crippen LogP contribution in [0.1, 0.15) is 46.0 Å².